The number of rotatable bonds is 6. The van der Waals surface area contributed by atoms with Crippen molar-refractivity contribution in [3.8, 4) is 11.1 Å². The fraction of sp³-hybridized carbons (Fsp3) is 0.480. The third-order valence-corrected chi connectivity index (χ3v) is 6.74. The number of nitrogens with zero attached hydrogens (tertiary/aromatic N) is 4. The molecule has 2 aliphatic heterocycles. The van der Waals surface area contributed by atoms with Gasteiger partial charge >= 0.3 is 0 Å². The first-order valence-electron chi connectivity index (χ1n) is 11.7. The molecule has 2 aromatic heterocycles. The van der Waals surface area contributed by atoms with Crippen LogP contribution in [0.2, 0.25) is 0 Å². The summed E-state index contributed by atoms with van der Waals surface area (Å²) < 4.78 is 22.8. The second kappa shape index (κ2) is 9.17. The average molecular weight is 438 g/mol. The molecule has 170 valence electrons. The number of piperidine rings is 1. The molecular weight excluding hydrogens is 405 g/mol. The Bertz CT molecular complexity index is 1040. The van der Waals surface area contributed by atoms with Gasteiger partial charge < -0.3 is 15.0 Å². The summed E-state index contributed by atoms with van der Waals surface area (Å²) in [7, 11) is 0. The van der Waals surface area contributed by atoms with Crippen molar-refractivity contribution >= 4 is 11.2 Å². The molecule has 0 saturated carbocycles. The van der Waals surface area contributed by atoms with E-state index in [9.17, 15) is 0 Å². The minimum absolute atomic E-state index is 0.396. The molecule has 6 nitrogen and oxygen atoms in total. The van der Waals surface area contributed by atoms with Crippen molar-refractivity contribution in [3.05, 3.63) is 54.4 Å². The van der Waals surface area contributed by atoms with Crippen LogP contribution in [-0.2, 0) is 10.4 Å². The Kier molecular flexibility index (Phi) is 6.13. The van der Waals surface area contributed by atoms with Crippen molar-refractivity contribution in [2.45, 2.75) is 25.4 Å². The van der Waals surface area contributed by atoms with Crippen LogP contribution in [0.3, 0.4) is 0 Å². The van der Waals surface area contributed by atoms with Crippen molar-refractivity contribution in [1.29, 1.82) is 0 Å². The second-order valence-electron chi connectivity index (χ2n) is 8.83. The summed E-state index contributed by atoms with van der Waals surface area (Å²) >= 11 is 0. The SMILES string of the molecule is CCOCN1CCN(c2ccnn3cc(-c4ccc([C@@]5(F)CCCNC5)cc4)cc23)CC1. The summed E-state index contributed by atoms with van der Waals surface area (Å²) in [5.41, 5.74) is 3.99. The molecule has 0 radical (unpaired) electrons. The Morgan fingerprint density at radius 3 is 2.62 bits per heavy atom. The summed E-state index contributed by atoms with van der Waals surface area (Å²) in [6, 6.07) is 12.2. The van der Waals surface area contributed by atoms with Crippen LogP contribution < -0.4 is 10.2 Å². The molecule has 0 spiro atoms. The van der Waals surface area contributed by atoms with E-state index in [2.05, 4.69) is 38.5 Å². The van der Waals surface area contributed by atoms with Gasteiger partial charge in [0.15, 0.2) is 0 Å². The summed E-state index contributed by atoms with van der Waals surface area (Å²) in [6.07, 6.45) is 5.38. The van der Waals surface area contributed by atoms with E-state index in [1.54, 1.807) is 0 Å². The summed E-state index contributed by atoms with van der Waals surface area (Å²) in [5.74, 6) is 0. The number of fused-ring (bicyclic) bond motifs is 1. The number of aromatic nitrogens is 2. The van der Waals surface area contributed by atoms with Gasteiger partial charge in [-0.05, 0) is 49.6 Å². The zero-order chi connectivity index (χ0) is 22.0. The molecule has 2 aliphatic rings. The van der Waals surface area contributed by atoms with Gasteiger partial charge in [0.25, 0.3) is 0 Å². The van der Waals surface area contributed by atoms with Crippen LogP contribution in [0.25, 0.3) is 16.6 Å². The van der Waals surface area contributed by atoms with Crippen molar-refractivity contribution in [2.75, 3.05) is 57.5 Å². The quantitative estimate of drug-likeness (QED) is 0.638. The largest absolute Gasteiger partial charge is 0.367 e. The Labute approximate surface area is 189 Å². The van der Waals surface area contributed by atoms with E-state index in [0.29, 0.717) is 19.7 Å². The van der Waals surface area contributed by atoms with E-state index in [4.69, 9.17) is 4.74 Å². The van der Waals surface area contributed by atoms with Crippen LogP contribution in [0.4, 0.5) is 10.1 Å². The van der Waals surface area contributed by atoms with E-state index in [0.717, 1.165) is 68.0 Å². The highest BCUT2D eigenvalue weighted by Crippen LogP contribution is 2.35. The Balaban J connectivity index is 1.35. The van der Waals surface area contributed by atoms with Crippen LogP contribution >= 0.6 is 0 Å². The number of alkyl halides is 1. The number of piperazine rings is 1. The number of benzene rings is 1. The van der Waals surface area contributed by atoms with Crippen LogP contribution in [0.15, 0.2) is 48.8 Å². The van der Waals surface area contributed by atoms with Crippen LogP contribution in [0, 0.1) is 0 Å². The van der Waals surface area contributed by atoms with Crippen molar-refractivity contribution < 1.29 is 9.13 Å². The zero-order valence-electron chi connectivity index (χ0n) is 18.8. The molecular formula is C25H32FN5O. The van der Waals surface area contributed by atoms with Gasteiger partial charge in [-0.3, -0.25) is 4.90 Å². The third-order valence-electron chi connectivity index (χ3n) is 6.74. The fourth-order valence-corrected chi connectivity index (χ4v) is 4.84. The molecule has 32 heavy (non-hydrogen) atoms. The van der Waals surface area contributed by atoms with Gasteiger partial charge in [0, 0.05) is 57.3 Å². The Morgan fingerprint density at radius 1 is 1.09 bits per heavy atom. The predicted molar refractivity (Wildman–Crippen MR) is 126 cm³/mol. The van der Waals surface area contributed by atoms with E-state index in [1.165, 1.54) is 5.69 Å². The summed E-state index contributed by atoms with van der Waals surface area (Å²) in [4.78, 5) is 4.78. The maximum absolute atomic E-state index is 15.3. The first-order valence-corrected chi connectivity index (χ1v) is 11.7. The van der Waals surface area contributed by atoms with Gasteiger partial charge in [-0.25, -0.2) is 8.91 Å². The lowest BCUT2D eigenvalue weighted by Crippen LogP contribution is -2.47. The van der Waals surface area contributed by atoms with Crippen LogP contribution in [0.5, 0.6) is 0 Å². The molecule has 3 aromatic rings. The average Bonchev–Trinajstić information content (AvgIpc) is 3.28. The molecule has 0 aliphatic carbocycles. The van der Waals surface area contributed by atoms with Crippen molar-refractivity contribution in [1.82, 2.24) is 19.8 Å². The third kappa shape index (κ3) is 4.25. The van der Waals surface area contributed by atoms with E-state index < -0.39 is 5.67 Å². The van der Waals surface area contributed by atoms with Crippen LogP contribution in [0.1, 0.15) is 25.3 Å². The number of hydrogen-bond acceptors (Lipinski definition) is 5. The maximum atomic E-state index is 15.3. The standard InChI is InChI=1S/C25H32FN5O/c1-2-32-19-29-12-14-30(15-13-29)23-8-11-28-31-17-21(16-24(23)31)20-4-6-22(7-5-20)25(26)9-3-10-27-18-25/h4-8,11,16-17,27H,2-3,9-10,12-15,18-19H2,1H3/t25-/m1/s1. The van der Waals surface area contributed by atoms with E-state index in [-0.39, 0.29) is 0 Å². The van der Waals surface area contributed by atoms with Gasteiger partial charge in [-0.1, -0.05) is 24.3 Å². The van der Waals surface area contributed by atoms with Crippen molar-refractivity contribution in [3.63, 3.8) is 0 Å². The molecule has 2 saturated heterocycles. The number of halogens is 1. The number of hydrogen-bond donors (Lipinski definition) is 1. The normalized spacial score (nSPS) is 22.5. The Hall–Kier alpha value is -2.48. The molecule has 2 fully saturated rings. The second-order valence-corrected chi connectivity index (χ2v) is 8.83. The summed E-state index contributed by atoms with van der Waals surface area (Å²) in [5, 5.41) is 7.72. The smallest absolute Gasteiger partial charge is 0.148 e. The lowest BCUT2D eigenvalue weighted by atomic mass is 9.87. The number of ether oxygens (including phenoxy) is 1. The van der Waals surface area contributed by atoms with E-state index >= 15 is 4.39 Å². The summed E-state index contributed by atoms with van der Waals surface area (Å²) in [6.45, 7) is 8.70. The lowest BCUT2D eigenvalue weighted by molar-refractivity contribution is 0.0326. The highest BCUT2D eigenvalue weighted by Gasteiger charge is 2.33. The van der Waals surface area contributed by atoms with Crippen LogP contribution in [-0.4, -0.2) is 67.1 Å². The van der Waals surface area contributed by atoms with Crippen molar-refractivity contribution in [2.24, 2.45) is 0 Å². The number of anilines is 1. The molecule has 4 heterocycles. The molecule has 1 aromatic carbocycles. The van der Waals surface area contributed by atoms with E-state index in [1.807, 2.05) is 41.9 Å². The predicted octanol–water partition coefficient (Wildman–Crippen LogP) is 3.67. The fourth-order valence-electron chi connectivity index (χ4n) is 4.84. The molecule has 1 atom stereocenters. The monoisotopic (exact) mass is 437 g/mol. The zero-order valence-corrected chi connectivity index (χ0v) is 18.8. The van der Waals surface area contributed by atoms with Gasteiger partial charge in [0.2, 0.25) is 0 Å². The first kappa shape index (κ1) is 21.4. The molecule has 0 bridgehead atoms. The molecule has 0 unspecified atom stereocenters. The number of nitrogens with one attached hydrogen (secondary N) is 1. The van der Waals surface area contributed by atoms with Gasteiger partial charge in [-0.2, -0.15) is 5.10 Å². The highest BCUT2D eigenvalue weighted by molar-refractivity contribution is 5.80. The highest BCUT2D eigenvalue weighted by atomic mass is 19.1. The minimum atomic E-state index is -1.26. The molecule has 0 amide bonds. The lowest BCUT2D eigenvalue weighted by Gasteiger charge is -2.35. The minimum Gasteiger partial charge on any atom is -0.367 e. The Morgan fingerprint density at radius 2 is 1.91 bits per heavy atom. The van der Waals surface area contributed by atoms with Gasteiger partial charge in [-0.15, -0.1) is 0 Å². The topological polar surface area (TPSA) is 45.0 Å². The molecule has 7 heteroatoms. The molecule has 5 rings (SSSR count). The first-order chi connectivity index (χ1) is 15.7. The maximum Gasteiger partial charge on any atom is 0.148 e. The van der Waals surface area contributed by atoms with Gasteiger partial charge in [0.1, 0.15) is 5.67 Å². The molecule has 1 N–H and O–H groups in total. The van der Waals surface area contributed by atoms with Gasteiger partial charge in [0.05, 0.1) is 17.9 Å².